The van der Waals surface area contributed by atoms with Crippen molar-refractivity contribution in [3.8, 4) is 5.75 Å². The molecule has 0 aliphatic rings. The molecule has 1 amide bonds. The number of hydrogen-bond acceptors (Lipinski definition) is 4. The van der Waals surface area contributed by atoms with Crippen molar-refractivity contribution in [2.24, 2.45) is 0 Å². The third kappa shape index (κ3) is 4.04. The number of amides is 1. The Morgan fingerprint density at radius 2 is 1.86 bits per heavy atom. The van der Waals surface area contributed by atoms with Crippen molar-refractivity contribution in [3.05, 3.63) is 23.3 Å². The van der Waals surface area contributed by atoms with E-state index in [-0.39, 0.29) is 0 Å². The average Bonchev–Trinajstić information content (AvgIpc) is 2.30. The van der Waals surface area contributed by atoms with Crippen LogP contribution in [0.1, 0.15) is 31.1 Å². The van der Waals surface area contributed by atoms with Gasteiger partial charge in [-0.3, -0.25) is 5.32 Å². The zero-order valence-electron chi connectivity index (χ0n) is 11.9. The molecular weight excluding hydrogens is 288 g/mol. The van der Waals surface area contributed by atoms with Crippen LogP contribution in [0.4, 0.5) is 19.3 Å². The zero-order valence-corrected chi connectivity index (χ0v) is 11.9. The Morgan fingerprint density at radius 1 is 1.29 bits per heavy atom. The Balaban J connectivity index is 3.27. The summed E-state index contributed by atoms with van der Waals surface area (Å²) in [6.45, 7) is 4.73. The molecule has 0 spiro atoms. The number of carbonyl (C=O) groups is 2. The van der Waals surface area contributed by atoms with Crippen molar-refractivity contribution in [2.75, 3.05) is 12.4 Å². The van der Waals surface area contributed by atoms with E-state index >= 15 is 0 Å². The molecule has 0 aliphatic carbocycles. The van der Waals surface area contributed by atoms with E-state index < -0.39 is 46.3 Å². The first-order chi connectivity index (χ1) is 9.56. The largest absolute Gasteiger partial charge is 0.491 e. The lowest BCUT2D eigenvalue weighted by Gasteiger charge is -2.20. The molecule has 0 bridgehead atoms. The van der Waals surface area contributed by atoms with Gasteiger partial charge in [-0.1, -0.05) is 0 Å². The van der Waals surface area contributed by atoms with Crippen molar-refractivity contribution in [1.29, 1.82) is 0 Å². The summed E-state index contributed by atoms with van der Waals surface area (Å²) in [6.07, 6.45) is -1.07. The van der Waals surface area contributed by atoms with Crippen LogP contribution in [0.25, 0.3) is 0 Å². The molecule has 0 radical (unpaired) electrons. The highest BCUT2D eigenvalue weighted by atomic mass is 19.1. The maximum Gasteiger partial charge on any atom is 0.412 e. The van der Waals surface area contributed by atoms with E-state index in [1.165, 1.54) is 0 Å². The SMILES string of the molecule is COc1c(F)cc(C(=O)O)c(NC(=O)OC(C)(C)C)c1F. The number of carboxylic acids is 1. The van der Waals surface area contributed by atoms with Crippen LogP contribution in [0.5, 0.6) is 5.75 Å². The molecule has 0 aliphatic heterocycles. The van der Waals surface area contributed by atoms with Crippen LogP contribution >= 0.6 is 0 Å². The van der Waals surface area contributed by atoms with E-state index in [4.69, 9.17) is 9.84 Å². The van der Waals surface area contributed by atoms with Gasteiger partial charge in [-0.25, -0.2) is 18.4 Å². The van der Waals surface area contributed by atoms with Gasteiger partial charge in [0.15, 0.2) is 17.4 Å². The predicted molar refractivity (Wildman–Crippen MR) is 69.7 cm³/mol. The normalized spacial score (nSPS) is 11.0. The summed E-state index contributed by atoms with van der Waals surface area (Å²) in [5, 5.41) is 10.9. The monoisotopic (exact) mass is 303 g/mol. The van der Waals surface area contributed by atoms with E-state index in [9.17, 15) is 18.4 Å². The van der Waals surface area contributed by atoms with Gasteiger partial charge in [0.05, 0.1) is 18.4 Å². The quantitative estimate of drug-likeness (QED) is 0.896. The van der Waals surface area contributed by atoms with Crippen molar-refractivity contribution in [3.63, 3.8) is 0 Å². The Morgan fingerprint density at radius 3 is 2.29 bits per heavy atom. The Labute approximate surface area is 119 Å². The van der Waals surface area contributed by atoms with E-state index in [2.05, 4.69) is 4.74 Å². The molecule has 0 heterocycles. The smallest absolute Gasteiger partial charge is 0.412 e. The number of hydrogen-bond donors (Lipinski definition) is 2. The van der Waals surface area contributed by atoms with Gasteiger partial charge in [-0.15, -0.1) is 0 Å². The summed E-state index contributed by atoms with van der Waals surface area (Å²) in [5.74, 6) is -4.93. The van der Waals surface area contributed by atoms with Crippen molar-refractivity contribution in [2.45, 2.75) is 26.4 Å². The lowest BCUT2D eigenvalue weighted by molar-refractivity contribution is 0.0635. The van der Waals surface area contributed by atoms with Gasteiger partial charge in [0, 0.05) is 0 Å². The number of benzene rings is 1. The third-order valence-corrected chi connectivity index (χ3v) is 2.24. The fourth-order valence-electron chi connectivity index (χ4n) is 1.48. The predicted octanol–water partition coefficient (Wildman–Crippen LogP) is 3.02. The van der Waals surface area contributed by atoms with Gasteiger partial charge in [-0.05, 0) is 26.8 Å². The fraction of sp³-hybridized carbons (Fsp3) is 0.385. The first kappa shape index (κ1) is 16.7. The number of rotatable bonds is 3. The average molecular weight is 303 g/mol. The van der Waals surface area contributed by atoms with Gasteiger partial charge in [-0.2, -0.15) is 0 Å². The van der Waals surface area contributed by atoms with Gasteiger partial charge in [0.1, 0.15) is 5.60 Å². The summed E-state index contributed by atoms with van der Waals surface area (Å²) in [6, 6.07) is 0.553. The maximum absolute atomic E-state index is 14.0. The number of methoxy groups -OCH3 is 1. The Hall–Kier alpha value is -2.38. The molecule has 2 N–H and O–H groups in total. The zero-order chi connectivity index (χ0) is 16.4. The standard InChI is InChI=1S/C13H15F2NO5/c1-13(2,3)21-12(19)16-9-6(11(17)18)5-7(14)10(20-4)8(9)15/h5H,1-4H3,(H,16,19)(H,17,18). The van der Waals surface area contributed by atoms with E-state index in [0.29, 0.717) is 6.07 Å². The maximum atomic E-state index is 14.0. The molecule has 6 nitrogen and oxygen atoms in total. The first-order valence-electron chi connectivity index (χ1n) is 5.86. The molecule has 116 valence electrons. The number of nitrogens with one attached hydrogen (secondary N) is 1. The van der Waals surface area contributed by atoms with Crippen LogP contribution in [-0.4, -0.2) is 29.9 Å². The summed E-state index contributed by atoms with van der Waals surface area (Å²) in [4.78, 5) is 22.6. The molecule has 0 saturated heterocycles. The molecule has 1 aromatic rings. The van der Waals surface area contributed by atoms with Gasteiger partial charge >= 0.3 is 12.1 Å². The van der Waals surface area contributed by atoms with Crippen molar-refractivity contribution >= 4 is 17.7 Å². The van der Waals surface area contributed by atoms with Gasteiger partial charge in [0.2, 0.25) is 0 Å². The second kappa shape index (κ2) is 5.94. The topological polar surface area (TPSA) is 84.9 Å². The number of anilines is 1. The lowest BCUT2D eigenvalue weighted by Crippen LogP contribution is -2.28. The van der Waals surface area contributed by atoms with Crippen LogP contribution in [0.15, 0.2) is 6.07 Å². The molecule has 21 heavy (non-hydrogen) atoms. The van der Waals surface area contributed by atoms with E-state index in [1.807, 2.05) is 5.32 Å². The van der Waals surface area contributed by atoms with Crippen LogP contribution in [0, 0.1) is 11.6 Å². The van der Waals surface area contributed by atoms with E-state index in [0.717, 1.165) is 7.11 Å². The highest BCUT2D eigenvalue weighted by molar-refractivity contribution is 5.99. The lowest BCUT2D eigenvalue weighted by atomic mass is 10.1. The molecule has 1 rings (SSSR count). The molecule has 0 atom stereocenters. The van der Waals surface area contributed by atoms with Crippen LogP contribution < -0.4 is 10.1 Å². The number of carboxylic acid groups (broad SMARTS) is 1. The first-order valence-corrected chi connectivity index (χ1v) is 5.86. The van der Waals surface area contributed by atoms with Crippen molar-refractivity contribution in [1.82, 2.24) is 0 Å². The Kier molecular flexibility index (Phi) is 4.72. The number of ether oxygens (including phenoxy) is 2. The van der Waals surface area contributed by atoms with Gasteiger partial charge < -0.3 is 14.6 Å². The number of halogens is 2. The van der Waals surface area contributed by atoms with E-state index in [1.54, 1.807) is 20.8 Å². The minimum Gasteiger partial charge on any atom is -0.491 e. The van der Waals surface area contributed by atoms with Gasteiger partial charge in [0.25, 0.3) is 0 Å². The third-order valence-electron chi connectivity index (χ3n) is 2.24. The molecule has 0 unspecified atom stereocenters. The summed E-state index contributed by atoms with van der Waals surface area (Å²) in [5.41, 5.74) is -2.35. The summed E-state index contributed by atoms with van der Waals surface area (Å²) >= 11 is 0. The second-order valence-corrected chi connectivity index (χ2v) is 5.06. The van der Waals surface area contributed by atoms with Crippen LogP contribution in [-0.2, 0) is 4.74 Å². The molecule has 0 fully saturated rings. The fourth-order valence-corrected chi connectivity index (χ4v) is 1.48. The molecular formula is C13H15F2NO5. The van der Waals surface area contributed by atoms with Crippen LogP contribution in [0.3, 0.4) is 0 Å². The molecule has 0 aromatic heterocycles. The summed E-state index contributed by atoms with van der Waals surface area (Å²) < 4.78 is 36.9. The number of carbonyl (C=O) groups excluding carboxylic acids is 1. The highest BCUT2D eigenvalue weighted by Gasteiger charge is 2.26. The molecule has 0 saturated carbocycles. The molecule has 8 heteroatoms. The Bertz CT molecular complexity index is 581. The minimum absolute atomic E-state index is 0.553. The summed E-state index contributed by atoms with van der Waals surface area (Å²) in [7, 11) is 1.01. The minimum atomic E-state index is -1.61. The number of aromatic carboxylic acids is 1. The molecule has 1 aromatic carbocycles. The van der Waals surface area contributed by atoms with Crippen molar-refractivity contribution < 1.29 is 33.0 Å². The van der Waals surface area contributed by atoms with Crippen LogP contribution in [0.2, 0.25) is 0 Å². The second-order valence-electron chi connectivity index (χ2n) is 5.06. The highest BCUT2D eigenvalue weighted by Crippen LogP contribution is 2.31.